The minimum Gasteiger partial charge on any atom is -0.341 e. The van der Waals surface area contributed by atoms with Gasteiger partial charge < -0.3 is 10.6 Å². The Hall–Kier alpha value is -2.76. The zero-order chi connectivity index (χ0) is 16.1. The van der Waals surface area contributed by atoms with Gasteiger partial charge in [0.05, 0.1) is 0 Å². The van der Waals surface area contributed by atoms with Gasteiger partial charge in [0.2, 0.25) is 5.91 Å². The normalized spacial score (nSPS) is 11.6. The number of halogens is 2. The van der Waals surface area contributed by atoms with Gasteiger partial charge in [-0.25, -0.2) is 8.78 Å². The number of hydrogen-bond donors (Lipinski definition) is 2. The average molecular weight is 304 g/mol. The van der Waals surface area contributed by atoms with Crippen molar-refractivity contribution in [3.8, 4) is 0 Å². The van der Waals surface area contributed by atoms with E-state index in [9.17, 15) is 18.4 Å². The smallest absolute Gasteiger partial charge is 0.251 e. The molecular formula is C16H14F2N2O2. The Labute approximate surface area is 126 Å². The van der Waals surface area contributed by atoms with E-state index in [-0.39, 0.29) is 0 Å². The Bertz CT molecular complexity index is 670. The van der Waals surface area contributed by atoms with E-state index in [1.165, 1.54) is 13.0 Å². The number of anilines is 1. The lowest BCUT2D eigenvalue weighted by atomic mass is 10.2. The highest BCUT2D eigenvalue weighted by molar-refractivity contribution is 6.01. The van der Waals surface area contributed by atoms with Gasteiger partial charge in [0.1, 0.15) is 23.4 Å². The Balaban J connectivity index is 2.02. The number of amides is 2. The molecule has 0 heterocycles. The zero-order valence-electron chi connectivity index (χ0n) is 11.8. The highest BCUT2D eigenvalue weighted by atomic mass is 19.1. The maximum absolute atomic E-state index is 13.5. The van der Waals surface area contributed by atoms with Gasteiger partial charge in [0.15, 0.2) is 0 Å². The van der Waals surface area contributed by atoms with Crippen LogP contribution in [0.5, 0.6) is 0 Å². The van der Waals surface area contributed by atoms with Crippen molar-refractivity contribution in [1.29, 1.82) is 0 Å². The predicted molar refractivity (Wildman–Crippen MR) is 78.4 cm³/mol. The van der Waals surface area contributed by atoms with Crippen LogP contribution in [0.3, 0.4) is 0 Å². The Morgan fingerprint density at radius 2 is 1.55 bits per heavy atom. The van der Waals surface area contributed by atoms with Crippen LogP contribution in [0.15, 0.2) is 48.5 Å². The van der Waals surface area contributed by atoms with Crippen molar-refractivity contribution in [2.24, 2.45) is 0 Å². The van der Waals surface area contributed by atoms with Crippen LogP contribution in [-0.2, 0) is 4.79 Å². The number of nitrogens with one attached hydrogen (secondary N) is 2. The van der Waals surface area contributed by atoms with Crippen molar-refractivity contribution < 1.29 is 18.4 Å². The first-order valence-electron chi connectivity index (χ1n) is 6.60. The van der Waals surface area contributed by atoms with Crippen molar-refractivity contribution in [2.75, 3.05) is 5.32 Å². The molecule has 0 aromatic heterocycles. The fourth-order valence-electron chi connectivity index (χ4n) is 1.78. The first-order valence-corrected chi connectivity index (χ1v) is 6.60. The predicted octanol–water partition coefficient (Wildman–Crippen LogP) is 2.72. The minimum absolute atomic E-state index is 0.388. The average Bonchev–Trinajstić information content (AvgIpc) is 2.51. The third-order valence-electron chi connectivity index (χ3n) is 2.99. The highest BCUT2D eigenvalue weighted by Crippen LogP contribution is 2.18. The van der Waals surface area contributed by atoms with Crippen molar-refractivity contribution >= 4 is 17.5 Å². The third kappa shape index (κ3) is 3.66. The molecule has 0 aliphatic carbocycles. The van der Waals surface area contributed by atoms with Gasteiger partial charge >= 0.3 is 0 Å². The molecule has 1 unspecified atom stereocenters. The summed E-state index contributed by atoms with van der Waals surface area (Å²) in [7, 11) is 0. The molecule has 22 heavy (non-hydrogen) atoms. The SMILES string of the molecule is CC(NC(=O)c1ccccc1)C(=O)Nc1c(F)cccc1F. The Morgan fingerprint density at radius 3 is 2.14 bits per heavy atom. The van der Waals surface area contributed by atoms with Gasteiger partial charge in [0.25, 0.3) is 5.91 Å². The van der Waals surface area contributed by atoms with E-state index in [2.05, 4.69) is 10.6 Å². The van der Waals surface area contributed by atoms with Gasteiger partial charge in [-0.05, 0) is 31.2 Å². The molecule has 0 fully saturated rings. The first kappa shape index (κ1) is 15.6. The van der Waals surface area contributed by atoms with Crippen molar-refractivity contribution in [3.63, 3.8) is 0 Å². The zero-order valence-corrected chi connectivity index (χ0v) is 11.8. The monoisotopic (exact) mass is 304 g/mol. The van der Waals surface area contributed by atoms with Gasteiger partial charge in [0, 0.05) is 5.56 Å². The highest BCUT2D eigenvalue weighted by Gasteiger charge is 2.19. The van der Waals surface area contributed by atoms with Crippen LogP contribution >= 0.6 is 0 Å². The van der Waals surface area contributed by atoms with Crippen molar-refractivity contribution in [2.45, 2.75) is 13.0 Å². The molecule has 0 bridgehead atoms. The van der Waals surface area contributed by atoms with Crippen LogP contribution < -0.4 is 10.6 Å². The van der Waals surface area contributed by atoms with Crippen LogP contribution in [0, 0.1) is 11.6 Å². The Kier molecular flexibility index (Phi) is 4.83. The van der Waals surface area contributed by atoms with Gasteiger partial charge in [-0.15, -0.1) is 0 Å². The standard InChI is InChI=1S/C16H14F2N2O2/c1-10(19-16(22)11-6-3-2-4-7-11)15(21)20-14-12(17)8-5-9-13(14)18/h2-10H,1H3,(H,19,22)(H,20,21). The Morgan fingerprint density at radius 1 is 0.955 bits per heavy atom. The second-order valence-electron chi connectivity index (χ2n) is 4.65. The molecule has 0 aliphatic rings. The summed E-state index contributed by atoms with van der Waals surface area (Å²) in [6.07, 6.45) is 0. The van der Waals surface area contributed by atoms with E-state index < -0.39 is 35.2 Å². The summed E-state index contributed by atoms with van der Waals surface area (Å²) in [5.74, 6) is -2.92. The lowest BCUT2D eigenvalue weighted by Crippen LogP contribution is -2.41. The van der Waals surface area contributed by atoms with E-state index in [1.54, 1.807) is 30.3 Å². The summed E-state index contributed by atoms with van der Waals surface area (Å²) in [6.45, 7) is 1.43. The molecule has 0 saturated carbocycles. The first-order chi connectivity index (χ1) is 10.5. The van der Waals surface area contributed by atoms with E-state index in [1.807, 2.05) is 0 Å². The molecule has 2 rings (SSSR count). The van der Waals surface area contributed by atoms with E-state index >= 15 is 0 Å². The molecule has 0 aliphatic heterocycles. The molecule has 2 N–H and O–H groups in total. The molecule has 0 radical (unpaired) electrons. The number of rotatable bonds is 4. The van der Waals surface area contributed by atoms with Crippen molar-refractivity contribution in [1.82, 2.24) is 5.32 Å². The van der Waals surface area contributed by atoms with Crippen LogP contribution in [-0.4, -0.2) is 17.9 Å². The van der Waals surface area contributed by atoms with E-state index in [0.717, 1.165) is 12.1 Å². The quantitative estimate of drug-likeness (QED) is 0.912. The second kappa shape index (κ2) is 6.80. The van der Waals surface area contributed by atoms with Crippen molar-refractivity contribution in [3.05, 3.63) is 65.7 Å². The number of hydrogen-bond acceptors (Lipinski definition) is 2. The maximum Gasteiger partial charge on any atom is 0.251 e. The third-order valence-corrected chi connectivity index (χ3v) is 2.99. The summed E-state index contributed by atoms with van der Waals surface area (Å²) in [6, 6.07) is 10.6. The summed E-state index contributed by atoms with van der Waals surface area (Å²) >= 11 is 0. The molecule has 4 nitrogen and oxygen atoms in total. The van der Waals surface area contributed by atoms with E-state index in [4.69, 9.17) is 0 Å². The fourth-order valence-corrected chi connectivity index (χ4v) is 1.78. The molecule has 2 amide bonds. The molecule has 6 heteroatoms. The molecule has 0 saturated heterocycles. The van der Waals surface area contributed by atoms with Gasteiger partial charge in [-0.3, -0.25) is 9.59 Å². The second-order valence-corrected chi connectivity index (χ2v) is 4.65. The van der Waals surface area contributed by atoms with Crippen LogP contribution in [0.4, 0.5) is 14.5 Å². The molecule has 0 spiro atoms. The summed E-state index contributed by atoms with van der Waals surface area (Å²) in [4.78, 5) is 23.8. The fraction of sp³-hybridized carbons (Fsp3) is 0.125. The molecule has 2 aromatic carbocycles. The lowest BCUT2D eigenvalue weighted by Gasteiger charge is -2.15. The number of benzene rings is 2. The molecule has 2 aromatic rings. The maximum atomic E-state index is 13.5. The van der Waals surface area contributed by atoms with E-state index in [0.29, 0.717) is 5.56 Å². The number of para-hydroxylation sites is 1. The van der Waals surface area contributed by atoms with Crippen LogP contribution in [0.25, 0.3) is 0 Å². The van der Waals surface area contributed by atoms with Gasteiger partial charge in [-0.1, -0.05) is 24.3 Å². The molecule has 1 atom stereocenters. The topological polar surface area (TPSA) is 58.2 Å². The molecule has 114 valence electrons. The van der Waals surface area contributed by atoms with Crippen LogP contribution in [0.2, 0.25) is 0 Å². The summed E-state index contributed by atoms with van der Waals surface area (Å²) in [5, 5.41) is 4.59. The molecular weight excluding hydrogens is 290 g/mol. The van der Waals surface area contributed by atoms with Crippen LogP contribution in [0.1, 0.15) is 17.3 Å². The largest absolute Gasteiger partial charge is 0.341 e. The number of carbonyl (C=O) groups excluding carboxylic acids is 2. The summed E-state index contributed by atoms with van der Waals surface area (Å²) in [5.41, 5.74) is -0.146. The summed E-state index contributed by atoms with van der Waals surface area (Å²) < 4.78 is 26.9. The number of carbonyl (C=O) groups is 2. The van der Waals surface area contributed by atoms with Gasteiger partial charge in [-0.2, -0.15) is 0 Å². The lowest BCUT2D eigenvalue weighted by molar-refractivity contribution is -0.117. The minimum atomic E-state index is -0.952.